The van der Waals surface area contributed by atoms with Gasteiger partial charge in [0, 0.05) is 0 Å². The number of methoxy groups -OCH3 is 1. The highest BCUT2D eigenvalue weighted by molar-refractivity contribution is 5.40. The predicted octanol–water partition coefficient (Wildman–Crippen LogP) is 2.34. The Labute approximate surface area is 94.1 Å². The number of rotatable bonds is 6. The summed E-state index contributed by atoms with van der Waals surface area (Å²) in [4.78, 5) is 9.95. The van der Waals surface area contributed by atoms with Crippen LogP contribution in [0.1, 0.15) is 6.92 Å². The first kappa shape index (κ1) is 12.2. The molecule has 1 aromatic carbocycles. The number of carbonyl (C=O) groups excluding carboxylic acids is 1. The van der Waals surface area contributed by atoms with E-state index in [2.05, 4.69) is 15.0 Å². The zero-order valence-electron chi connectivity index (χ0n) is 9.29. The van der Waals surface area contributed by atoms with Crippen LogP contribution in [0.3, 0.4) is 0 Å². The Morgan fingerprint density at radius 3 is 2.62 bits per heavy atom. The van der Waals surface area contributed by atoms with Gasteiger partial charge in [-0.15, -0.1) is 0 Å². The van der Waals surface area contributed by atoms with Gasteiger partial charge in [-0.25, -0.2) is 0 Å². The highest BCUT2D eigenvalue weighted by Crippen LogP contribution is 2.18. The van der Waals surface area contributed by atoms with Gasteiger partial charge >= 0.3 is 0 Å². The molecule has 0 heterocycles. The molecule has 0 aliphatic rings. The molecule has 0 aromatic heterocycles. The molecule has 0 aliphatic carbocycles. The summed E-state index contributed by atoms with van der Waals surface area (Å²) in [6.07, 6.45) is 0. The minimum atomic E-state index is -0.146. The third kappa shape index (κ3) is 4.08. The first-order valence-corrected chi connectivity index (χ1v) is 4.86. The average molecular weight is 222 g/mol. The number of azo groups is 1. The van der Waals surface area contributed by atoms with E-state index < -0.39 is 0 Å². The number of ether oxygens (including phenoxy) is 2. The molecule has 1 unspecified atom stereocenters. The zero-order valence-corrected chi connectivity index (χ0v) is 9.29. The summed E-state index contributed by atoms with van der Waals surface area (Å²) in [5.41, 5.74) is 0.735. The summed E-state index contributed by atoms with van der Waals surface area (Å²) in [5.74, 6) is 0.774. The van der Waals surface area contributed by atoms with Gasteiger partial charge in [0.05, 0.1) is 12.8 Å². The van der Waals surface area contributed by atoms with E-state index in [4.69, 9.17) is 4.74 Å². The molecule has 0 aliphatic heterocycles. The smallest absolute Gasteiger partial charge is 0.293 e. The lowest BCUT2D eigenvalue weighted by molar-refractivity contribution is -0.129. The van der Waals surface area contributed by atoms with Gasteiger partial charge in [-0.3, -0.25) is 4.79 Å². The first-order chi connectivity index (χ1) is 7.76. The Balaban J connectivity index is 2.51. The highest BCUT2D eigenvalue weighted by Gasteiger charge is 1.98. The van der Waals surface area contributed by atoms with Crippen LogP contribution < -0.4 is 4.74 Å². The topological polar surface area (TPSA) is 60.3 Å². The summed E-state index contributed by atoms with van der Waals surface area (Å²) < 4.78 is 9.58. The van der Waals surface area contributed by atoms with Crippen molar-refractivity contribution in [1.29, 1.82) is 0 Å². The second-order valence-corrected chi connectivity index (χ2v) is 3.19. The van der Waals surface area contributed by atoms with Crippen LogP contribution in [0.25, 0.3) is 0 Å². The number of benzene rings is 1. The van der Waals surface area contributed by atoms with Crippen LogP contribution in [0, 0.1) is 0 Å². The van der Waals surface area contributed by atoms with Crippen LogP contribution in [0.4, 0.5) is 5.69 Å². The maximum atomic E-state index is 9.95. The molecule has 0 saturated heterocycles. The summed E-state index contributed by atoms with van der Waals surface area (Å²) in [5, 5.41) is 8.00. The molecule has 5 heteroatoms. The van der Waals surface area contributed by atoms with Crippen molar-refractivity contribution >= 4 is 12.2 Å². The van der Waals surface area contributed by atoms with Gasteiger partial charge in [-0.2, -0.15) is 10.2 Å². The summed E-state index contributed by atoms with van der Waals surface area (Å²) >= 11 is 0. The van der Waals surface area contributed by atoms with Crippen LogP contribution >= 0.6 is 0 Å². The third-order valence-electron chi connectivity index (χ3n) is 1.85. The monoisotopic (exact) mass is 222 g/mol. The fourth-order valence-electron chi connectivity index (χ4n) is 1.03. The van der Waals surface area contributed by atoms with Crippen LogP contribution in [-0.2, 0) is 9.53 Å². The Morgan fingerprint density at radius 1 is 1.38 bits per heavy atom. The first-order valence-electron chi connectivity index (χ1n) is 4.86. The second kappa shape index (κ2) is 6.55. The van der Waals surface area contributed by atoms with Gasteiger partial charge < -0.3 is 9.47 Å². The lowest BCUT2D eigenvalue weighted by atomic mass is 10.3. The standard InChI is InChI=1S/C11H14N2O3/c1-9(7-16-8-14)12-13-10-3-5-11(15-2)6-4-10/h3-6,8-9H,7H2,1-2H3/b13-12+. The van der Waals surface area contributed by atoms with Crippen LogP contribution in [0.2, 0.25) is 0 Å². The lowest BCUT2D eigenvalue weighted by Gasteiger charge is -2.02. The largest absolute Gasteiger partial charge is 0.497 e. The van der Waals surface area contributed by atoms with Crippen molar-refractivity contribution < 1.29 is 14.3 Å². The fraction of sp³-hybridized carbons (Fsp3) is 0.364. The summed E-state index contributed by atoms with van der Waals surface area (Å²) in [6.45, 7) is 2.46. The van der Waals surface area contributed by atoms with E-state index in [1.807, 2.05) is 6.92 Å². The van der Waals surface area contributed by atoms with Crippen molar-refractivity contribution in [2.75, 3.05) is 13.7 Å². The van der Waals surface area contributed by atoms with E-state index in [9.17, 15) is 4.79 Å². The number of hydrogen-bond donors (Lipinski definition) is 0. The molecule has 0 spiro atoms. The molecule has 0 fully saturated rings. The van der Waals surface area contributed by atoms with Crippen molar-refractivity contribution in [2.24, 2.45) is 10.2 Å². The minimum Gasteiger partial charge on any atom is -0.497 e. The predicted molar refractivity (Wildman–Crippen MR) is 59.0 cm³/mol. The number of hydrogen-bond acceptors (Lipinski definition) is 5. The van der Waals surface area contributed by atoms with E-state index in [0.717, 1.165) is 11.4 Å². The average Bonchev–Trinajstić information content (AvgIpc) is 2.34. The van der Waals surface area contributed by atoms with E-state index in [-0.39, 0.29) is 12.6 Å². The molecular weight excluding hydrogens is 208 g/mol. The molecule has 0 bridgehead atoms. The minimum absolute atomic E-state index is 0.146. The van der Waals surface area contributed by atoms with Gasteiger partial charge in [-0.1, -0.05) is 0 Å². The maximum Gasteiger partial charge on any atom is 0.293 e. The molecular formula is C11H14N2O3. The number of nitrogens with zero attached hydrogens (tertiary/aromatic N) is 2. The molecule has 0 amide bonds. The van der Waals surface area contributed by atoms with Crippen LogP contribution in [0.5, 0.6) is 5.75 Å². The van der Waals surface area contributed by atoms with Gasteiger partial charge in [0.1, 0.15) is 18.4 Å². The van der Waals surface area contributed by atoms with Crippen molar-refractivity contribution in [3.05, 3.63) is 24.3 Å². The number of carbonyl (C=O) groups is 1. The van der Waals surface area contributed by atoms with E-state index in [0.29, 0.717) is 6.47 Å². The SMILES string of the molecule is COc1ccc(/N=N/C(C)COC=O)cc1. The Hall–Kier alpha value is -1.91. The summed E-state index contributed by atoms with van der Waals surface area (Å²) in [7, 11) is 1.61. The van der Waals surface area contributed by atoms with Gasteiger partial charge in [0.25, 0.3) is 6.47 Å². The molecule has 0 saturated carbocycles. The summed E-state index contributed by atoms with van der Waals surface area (Å²) in [6, 6.07) is 7.07. The van der Waals surface area contributed by atoms with Crippen molar-refractivity contribution in [1.82, 2.24) is 0 Å². The Morgan fingerprint density at radius 2 is 2.06 bits per heavy atom. The lowest BCUT2D eigenvalue weighted by Crippen LogP contribution is -2.06. The molecule has 16 heavy (non-hydrogen) atoms. The third-order valence-corrected chi connectivity index (χ3v) is 1.85. The van der Waals surface area contributed by atoms with Gasteiger partial charge in [-0.05, 0) is 31.2 Å². The molecule has 1 atom stereocenters. The van der Waals surface area contributed by atoms with E-state index in [1.54, 1.807) is 31.4 Å². The molecule has 5 nitrogen and oxygen atoms in total. The normalized spacial score (nSPS) is 12.4. The van der Waals surface area contributed by atoms with E-state index >= 15 is 0 Å². The maximum absolute atomic E-state index is 9.95. The van der Waals surface area contributed by atoms with E-state index in [1.165, 1.54) is 0 Å². The van der Waals surface area contributed by atoms with Crippen molar-refractivity contribution in [2.45, 2.75) is 13.0 Å². The Bertz CT molecular complexity index is 349. The second-order valence-electron chi connectivity index (χ2n) is 3.19. The fourth-order valence-corrected chi connectivity index (χ4v) is 1.03. The Kier molecular flexibility index (Phi) is 4.98. The van der Waals surface area contributed by atoms with Crippen molar-refractivity contribution in [3.8, 4) is 5.75 Å². The van der Waals surface area contributed by atoms with Gasteiger partial charge in [0.15, 0.2) is 0 Å². The molecule has 0 radical (unpaired) electrons. The van der Waals surface area contributed by atoms with Gasteiger partial charge in [0.2, 0.25) is 0 Å². The quantitative estimate of drug-likeness (QED) is 0.548. The molecule has 0 N–H and O–H groups in total. The van der Waals surface area contributed by atoms with Crippen LogP contribution in [0.15, 0.2) is 34.5 Å². The zero-order chi connectivity index (χ0) is 11.8. The van der Waals surface area contributed by atoms with Crippen LogP contribution in [-0.4, -0.2) is 26.2 Å². The highest BCUT2D eigenvalue weighted by atomic mass is 16.5. The molecule has 1 rings (SSSR count). The van der Waals surface area contributed by atoms with Crippen molar-refractivity contribution in [3.63, 3.8) is 0 Å². The molecule has 86 valence electrons. The molecule has 1 aromatic rings.